The minimum atomic E-state index is -4.02. The van der Waals surface area contributed by atoms with E-state index in [0.717, 1.165) is 50.8 Å². The number of sulfonamides is 1. The van der Waals surface area contributed by atoms with Crippen molar-refractivity contribution in [2.75, 3.05) is 36.4 Å². The summed E-state index contributed by atoms with van der Waals surface area (Å²) in [6, 6.07) is 6.73. The lowest BCUT2D eigenvalue weighted by Gasteiger charge is -2.32. The Kier molecular flexibility index (Phi) is 7.13. The second-order valence-electron chi connectivity index (χ2n) is 8.66. The first-order valence-corrected chi connectivity index (χ1v) is 12.8. The van der Waals surface area contributed by atoms with Gasteiger partial charge >= 0.3 is 0 Å². The number of nitrogens with one attached hydrogen (secondary N) is 1. The molecule has 1 atom stereocenters. The summed E-state index contributed by atoms with van der Waals surface area (Å²) < 4.78 is 41.5. The summed E-state index contributed by atoms with van der Waals surface area (Å²) in [6.07, 6.45) is 5.46. The van der Waals surface area contributed by atoms with Crippen LogP contribution in [0.4, 0.5) is 15.9 Å². The maximum absolute atomic E-state index is 14.4. The van der Waals surface area contributed by atoms with Crippen molar-refractivity contribution in [3.63, 3.8) is 0 Å². The molecule has 0 saturated carbocycles. The smallest absolute Gasteiger partial charge is 0.255 e. The zero-order valence-corrected chi connectivity index (χ0v) is 19.6. The van der Waals surface area contributed by atoms with Crippen LogP contribution in [0.1, 0.15) is 42.5 Å². The number of nitrogens with two attached hydrogens (primary N) is 1. The van der Waals surface area contributed by atoms with Crippen molar-refractivity contribution in [3.8, 4) is 0 Å². The Balaban J connectivity index is 1.47. The minimum absolute atomic E-state index is 0.0291. The summed E-state index contributed by atoms with van der Waals surface area (Å²) in [5.74, 6) is -1.33. The van der Waals surface area contributed by atoms with E-state index in [1.54, 1.807) is 12.1 Å². The Labute approximate surface area is 198 Å². The van der Waals surface area contributed by atoms with Gasteiger partial charge in [0, 0.05) is 31.7 Å². The van der Waals surface area contributed by atoms with E-state index < -0.39 is 26.6 Å². The number of benzene rings is 1. The highest BCUT2D eigenvalue weighted by Gasteiger charge is 2.29. The third-order valence-corrected chi connectivity index (χ3v) is 8.19. The van der Waals surface area contributed by atoms with Gasteiger partial charge < -0.3 is 16.0 Å². The normalized spacial score (nSPS) is 19.6. The van der Waals surface area contributed by atoms with E-state index >= 15 is 0 Å². The third-order valence-electron chi connectivity index (χ3n) is 6.28. The first-order chi connectivity index (χ1) is 16.3. The quantitative estimate of drug-likeness (QED) is 0.642. The Morgan fingerprint density at radius 2 is 1.82 bits per heavy atom. The number of primary amides is 1. The molecule has 2 aliphatic heterocycles. The number of aromatic nitrogens is 1. The van der Waals surface area contributed by atoms with E-state index in [1.807, 2.05) is 4.90 Å². The highest BCUT2D eigenvalue weighted by Crippen LogP contribution is 2.25. The first-order valence-electron chi connectivity index (χ1n) is 11.4. The highest BCUT2D eigenvalue weighted by atomic mass is 32.2. The molecule has 1 aromatic carbocycles. The second-order valence-corrected chi connectivity index (χ2v) is 10.6. The number of piperidine rings is 2. The number of nitrogens with zero attached hydrogens (tertiary/aromatic N) is 3. The first kappa shape index (κ1) is 24.1. The summed E-state index contributed by atoms with van der Waals surface area (Å²) >= 11 is 0. The molecule has 1 unspecified atom stereocenters. The van der Waals surface area contributed by atoms with Crippen molar-refractivity contribution in [2.45, 2.75) is 37.0 Å². The number of carbonyl (C=O) groups excluding carboxylic acids is 2. The van der Waals surface area contributed by atoms with Crippen molar-refractivity contribution >= 4 is 33.3 Å². The van der Waals surface area contributed by atoms with E-state index in [4.69, 9.17) is 5.73 Å². The molecule has 3 N–H and O–H groups in total. The van der Waals surface area contributed by atoms with Crippen LogP contribution in [-0.2, 0) is 14.8 Å². The lowest BCUT2D eigenvalue weighted by atomic mass is 9.97. The van der Waals surface area contributed by atoms with Gasteiger partial charge in [-0.2, -0.15) is 4.31 Å². The highest BCUT2D eigenvalue weighted by molar-refractivity contribution is 7.89. The molecule has 0 spiro atoms. The topological polar surface area (TPSA) is 126 Å². The number of carbonyl (C=O) groups is 2. The molecule has 0 aliphatic carbocycles. The molecule has 0 bridgehead atoms. The lowest BCUT2D eigenvalue weighted by molar-refractivity contribution is -0.122. The van der Waals surface area contributed by atoms with Crippen molar-refractivity contribution < 1.29 is 22.4 Å². The maximum Gasteiger partial charge on any atom is 0.255 e. The van der Waals surface area contributed by atoms with Crippen molar-refractivity contribution in [1.29, 1.82) is 0 Å². The van der Waals surface area contributed by atoms with E-state index in [9.17, 15) is 22.4 Å². The fourth-order valence-corrected chi connectivity index (χ4v) is 5.96. The molecule has 9 nitrogen and oxygen atoms in total. The van der Waals surface area contributed by atoms with Crippen LogP contribution >= 0.6 is 0 Å². The van der Waals surface area contributed by atoms with Gasteiger partial charge in [-0.15, -0.1) is 0 Å². The van der Waals surface area contributed by atoms with Gasteiger partial charge in [0.25, 0.3) is 5.91 Å². The average molecular weight is 490 g/mol. The van der Waals surface area contributed by atoms with Crippen LogP contribution in [-0.4, -0.2) is 55.7 Å². The van der Waals surface area contributed by atoms with Crippen LogP contribution in [0.3, 0.4) is 0 Å². The van der Waals surface area contributed by atoms with Gasteiger partial charge in [-0.1, -0.05) is 6.42 Å². The van der Waals surface area contributed by atoms with Gasteiger partial charge in [0.15, 0.2) is 0 Å². The molecular weight excluding hydrogens is 461 g/mol. The number of halogens is 1. The Morgan fingerprint density at radius 1 is 1.06 bits per heavy atom. The van der Waals surface area contributed by atoms with Crippen LogP contribution in [0, 0.1) is 11.7 Å². The molecule has 3 heterocycles. The summed E-state index contributed by atoms with van der Waals surface area (Å²) in [4.78, 5) is 30.1. The Bertz CT molecular complexity index is 1170. The molecule has 1 aromatic heterocycles. The molecule has 2 saturated heterocycles. The predicted molar refractivity (Wildman–Crippen MR) is 125 cm³/mol. The van der Waals surface area contributed by atoms with Crippen molar-refractivity contribution in [3.05, 3.63) is 47.9 Å². The molecule has 182 valence electrons. The van der Waals surface area contributed by atoms with Crippen LogP contribution in [0.2, 0.25) is 0 Å². The summed E-state index contributed by atoms with van der Waals surface area (Å²) in [6.45, 7) is 1.94. The molecule has 11 heteroatoms. The standard InChI is InChI=1S/C23H28FN5O4S/c24-19-8-6-16(13-20(19)34(32,33)29-11-2-1-3-12-29)23(31)27-18-7-9-21(26-14-18)28-10-4-5-17(15-28)22(25)30/h6-9,13-14,17H,1-5,10-12,15H2,(H2,25,30)(H,27,31). The van der Waals surface area contributed by atoms with E-state index in [1.165, 1.54) is 16.6 Å². The minimum Gasteiger partial charge on any atom is -0.369 e. The molecule has 34 heavy (non-hydrogen) atoms. The fourth-order valence-electron chi connectivity index (χ4n) is 4.35. The number of pyridine rings is 1. The molecule has 2 amide bonds. The molecule has 2 aromatic rings. The second kappa shape index (κ2) is 10.1. The monoisotopic (exact) mass is 489 g/mol. The largest absolute Gasteiger partial charge is 0.369 e. The summed E-state index contributed by atoms with van der Waals surface area (Å²) in [7, 11) is -4.02. The Morgan fingerprint density at radius 3 is 2.50 bits per heavy atom. The molecule has 0 radical (unpaired) electrons. The predicted octanol–water partition coefficient (Wildman–Crippen LogP) is 2.35. The number of hydrogen-bond donors (Lipinski definition) is 2. The van der Waals surface area contributed by atoms with Gasteiger partial charge in [0.1, 0.15) is 16.5 Å². The zero-order valence-electron chi connectivity index (χ0n) is 18.7. The fraction of sp³-hybridized carbons (Fsp3) is 0.435. The van der Waals surface area contributed by atoms with Crippen LogP contribution in [0.5, 0.6) is 0 Å². The van der Waals surface area contributed by atoms with Crippen molar-refractivity contribution in [1.82, 2.24) is 9.29 Å². The van der Waals surface area contributed by atoms with E-state index in [-0.39, 0.29) is 17.4 Å². The molecule has 4 rings (SSSR count). The average Bonchev–Trinajstić information content (AvgIpc) is 2.85. The van der Waals surface area contributed by atoms with E-state index in [2.05, 4.69) is 10.3 Å². The van der Waals surface area contributed by atoms with Crippen molar-refractivity contribution in [2.24, 2.45) is 11.7 Å². The Hall–Kier alpha value is -3.05. The number of rotatable bonds is 6. The molecular formula is C23H28FN5O4S. The number of hydrogen-bond acceptors (Lipinski definition) is 6. The lowest BCUT2D eigenvalue weighted by Crippen LogP contribution is -2.41. The zero-order chi connectivity index (χ0) is 24.3. The van der Waals surface area contributed by atoms with Gasteiger partial charge in [-0.25, -0.2) is 17.8 Å². The molecule has 2 fully saturated rings. The summed E-state index contributed by atoms with van der Waals surface area (Å²) in [5, 5.41) is 2.67. The maximum atomic E-state index is 14.4. The van der Waals surface area contributed by atoms with Crippen LogP contribution in [0.25, 0.3) is 0 Å². The van der Waals surface area contributed by atoms with Gasteiger partial charge in [0.2, 0.25) is 15.9 Å². The SMILES string of the molecule is NC(=O)C1CCCN(c2ccc(NC(=O)c3ccc(F)c(S(=O)(=O)N4CCCCC4)c3)cn2)C1. The van der Waals surface area contributed by atoms with Gasteiger partial charge in [0.05, 0.1) is 17.8 Å². The van der Waals surface area contributed by atoms with Crippen LogP contribution in [0.15, 0.2) is 41.4 Å². The van der Waals surface area contributed by atoms with Gasteiger partial charge in [-0.3, -0.25) is 9.59 Å². The number of amides is 2. The van der Waals surface area contributed by atoms with E-state index in [0.29, 0.717) is 31.1 Å². The van der Waals surface area contributed by atoms with Crippen LogP contribution < -0.4 is 16.0 Å². The molecule has 2 aliphatic rings. The third kappa shape index (κ3) is 5.20. The number of anilines is 2. The van der Waals surface area contributed by atoms with Gasteiger partial charge in [-0.05, 0) is 56.0 Å². The summed E-state index contributed by atoms with van der Waals surface area (Å²) in [5.41, 5.74) is 5.87.